The maximum absolute atomic E-state index is 13.1. The highest BCUT2D eigenvalue weighted by atomic mass is 35.5. The van der Waals surface area contributed by atoms with Crippen LogP contribution in [0.2, 0.25) is 5.02 Å². The number of halogens is 2. The Kier molecular flexibility index (Phi) is 4.02. The fourth-order valence-corrected chi connectivity index (χ4v) is 2.46. The molecule has 0 saturated carbocycles. The van der Waals surface area contributed by atoms with Crippen molar-refractivity contribution < 1.29 is 9.13 Å². The molecule has 0 bridgehead atoms. The average molecular weight is 258 g/mol. The van der Waals surface area contributed by atoms with Crippen molar-refractivity contribution in [3.05, 3.63) is 34.6 Å². The van der Waals surface area contributed by atoms with Crippen LogP contribution in [0.5, 0.6) is 0 Å². The SMILES string of the molecule is CC1CC(C(N)Cc2cc(F)ccc2Cl)CO1. The molecule has 2 N–H and O–H groups in total. The molecule has 1 aromatic rings. The highest BCUT2D eigenvalue weighted by Gasteiger charge is 2.27. The third-order valence-corrected chi connectivity index (χ3v) is 3.67. The Balaban J connectivity index is 2.02. The van der Waals surface area contributed by atoms with Crippen molar-refractivity contribution in [3.8, 4) is 0 Å². The summed E-state index contributed by atoms with van der Waals surface area (Å²) in [6.45, 7) is 2.73. The minimum atomic E-state index is -0.271. The Labute approximate surface area is 106 Å². The number of hydrogen-bond acceptors (Lipinski definition) is 2. The number of benzene rings is 1. The summed E-state index contributed by atoms with van der Waals surface area (Å²) in [5.41, 5.74) is 6.91. The monoisotopic (exact) mass is 257 g/mol. The van der Waals surface area contributed by atoms with Crippen LogP contribution in [0.1, 0.15) is 18.9 Å². The highest BCUT2D eigenvalue weighted by molar-refractivity contribution is 6.31. The predicted molar refractivity (Wildman–Crippen MR) is 66.6 cm³/mol. The van der Waals surface area contributed by atoms with E-state index in [4.69, 9.17) is 22.1 Å². The van der Waals surface area contributed by atoms with Crippen molar-refractivity contribution in [2.24, 2.45) is 11.7 Å². The topological polar surface area (TPSA) is 35.2 Å². The second-order valence-electron chi connectivity index (χ2n) is 4.74. The van der Waals surface area contributed by atoms with Crippen LogP contribution in [0.15, 0.2) is 18.2 Å². The van der Waals surface area contributed by atoms with Gasteiger partial charge in [-0.3, -0.25) is 0 Å². The van der Waals surface area contributed by atoms with E-state index in [-0.39, 0.29) is 18.0 Å². The molecule has 0 amide bonds. The molecule has 1 fully saturated rings. The molecule has 1 aliphatic heterocycles. The molecule has 0 aliphatic carbocycles. The van der Waals surface area contributed by atoms with Gasteiger partial charge in [0.05, 0.1) is 12.7 Å². The van der Waals surface area contributed by atoms with Crippen LogP contribution in [-0.4, -0.2) is 18.8 Å². The minimum absolute atomic E-state index is 0.0285. The first kappa shape index (κ1) is 12.8. The lowest BCUT2D eigenvalue weighted by molar-refractivity contribution is 0.118. The molecule has 0 radical (unpaired) electrons. The lowest BCUT2D eigenvalue weighted by Gasteiger charge is -2.18. The molecule has 2 nitrogen and oxygen atoms in total. The third kappa shape index (κ3) is 3.18. The van der Waals surface area contributed by atoms with Gasteiger partial charge in [-0.1, -0.05) is 11.6 Å². The summed E-state index contributed by atoms with van der Waals surface area (Å²) in [5.74, 6) is 0.0666. The van der Waals surface area contributed by atoms with Gasteiger partial charge in [-0.25, -0.2) is 4.39 Å². The zero-order valence-electron chi connectivity index (χ0n) is 9.83. The molecule has 1 aliphatic rings. The second-order valence-corrected chi connectivity index (χ2v) is 5.15. The Morgan fingerprint density at radius 3 is 3.00 bits per heavy atom. The Morgan fingerprint density at radius 1 is 1.59 bits per heavy atom. The molecule has 0 aromatic heterocycles. The summed E-state index contributed by atoms with van der Waals surface area (Å²) in [6, 6.07) is 4.37. The molecular formula is C13H17ClFNO. The molecule has 3 unspecified atom stereocenters. The molecule has 2 rings (SSSR count). The zero-order valence-corrected chi connectivity index (χ0v) is 10.6. The van der Waals surface area contributed by atoms with Gasteiger partial charge in [0, 0.05) is 17.0 Å². The average Bonchev–Trinajstić information content (AvgIpc) is 2.70. The second kappa shape index (κ2) is 5.34. The maximum atomic E-state index is 13.1. The van der Waals surface area contributed by atoms with Crippen molar-refractivity contribution in [1.82, 2.24) is 0 Å². The predicted octanol–water partition coefficient (Wildman–Crippen LogP) is 2.77. The number of hydrogen-bond donors (Lipinski definition) is 1. The van der Waals surface area contributed by atoms with Crippen LogP contribution in [0, 0.1) is 11.7 Å². The standard InChI is InChI=1S/C13H17ClFNO/c1-8-4-10(7-17-8)13(16)6-9-5-11(15)2-3-12(9)14/h2-3,5,8,10,13H,4,6-7,16H2,1H3. The minimum Gasteiger partial charge on any atom is -0.378 e. The van der Waals surface area contributed by atoms with E-state index in [1.807, 2.05) is 6.92 Å². The van der Waals surface area contributed by atoms with E-state index < -0.39 is 0 Å². The first-order valence-electron chi connectivity index (χ1n) is 5.87. The molecule has 1 saturated heterocycles. The van der Waals surface area contributed by atoms with Crippen LogP contribution in [0.25, 0.3) is 0 Å². The molecule has 17 heavy (non-hydrogen) atoms. The van der Waals surface area contributed by atoms with Gasteiger partial charge in [0.15, 0.2) is 0 Å². The molecule has 1 heterocycles. The van der Waals surface area contributed by atoms with E-state index >= 15 is 0 Å². The maximum Gasteiger partial charge on any atom is 0.123 e. The van der Waals surface area contributed by atoms with Gasteiger partial charge in [-0.15, -0.1) is 0 Å². The molecule has 0 spiro atoms. The van der Waals surface area contributed by atoms with Crippen LogP contribution < -0.4 is 5.73 Å². The largest absolute Gasteiger partial charge is 0.378 e. The van der Waals surface area contributed by atoms with Crippen molar-refractivity contribution in [2.45, 2.75) is 31.9 Å². The molecular weight excluding hydrogens is 241 g/mol. The van der Waals surface area contributed by atoms with Gasteiger partial charge in [-0.05, 0) is 43.5 Å². The van der Waals surface area contributed by atoms with E-state index in [0.717, 1.165) is 12.0 Å². The third-order valence-electron chi connectivity index (χ3n) is 3.30. The van der Waals surface area contributed by atoms with Gasteiger partial charge >= 0.3 is 0 Å². The molecule has 1 aromatic carbocycles. The summed E-state index contributed by atoms with van der Waals surface area (Å²) in [5, 5.41) is 0.578. The smallest absolute Gasteiger partial charge is 0.123 e. The Bertz CT molecular complexity index is 399. The van der Waals surface area contributed by atoms with E-state index in [1.165, 1.54) is 12.1 Å². The van der Waals surface area contributed by atoms with Gasteiger partial charge in [0.2, 0.25) is 0 Å². The van der Waals surface area contributed by atoms with Crippen LogP contribution in [0.4, 0.5) is 4.39 Å². The number of rotatable bonds is 3. The van der Waals surface area contributed by atoms with E-state index in [9.17, 15) is 4.39 Å². The first-order valence-corrected chi connectivity index (χ1v) is 6.25. The molecule has 3 atom stereocenters. The van der Waals surface area contributed by atoms with Crippen molar-refractivity contribution in [1.29, 1.82) is 0 Å². The fourth-order valence-electron chi connectivity index (χ4n) is 2.27. The zero-order chi connectivity index (χ0) is 12.4. The fraction of sp³-hybridized carbons (Fsp3) is 0.538. The molecule has 94 valence electrons. The van der Waals surface area contributed by atoms with Crippen molar-refractivity contribution in [3.63, 3.8) is 0 Å². The summed E-state index contributed by atoms with van der Waals surface area (Å²) in [7, 11) is 0. The van der Waals surface area contributed by atoms with Crippen LogP contribution in [0.3, 0.4) is 0 Å². The molecule has 4 heteroatoms. The van der Waals surface area contributed by atoms with Crippen LogP contribution in [-0.2, 0) is 11.2 Å². The summed E-state index contributed by atoms with van der Waals surface area (Å²) in [4.78, 5) is 0. The summed E-state index contributed by atoms with van der Waals surface area (Å²) in [6.07, 6.45) is 1.83. The van der Waals surface area contributed by atoms with E-state index in [2.05, 4.69) is 0 Å². The lowest BCUT2D eigenvalue weighted by Crippen LogP contribution is -2.32. The van der Waals surface area contributed by atoms with Crippen LogP contribution >= 0.6 is 11.6 Å². The highest BCUT2D eigenvalue weighted by Crippen LogP contribution is 2.25. The van der Waals surface area contributed by atoms with E-state index in [0.29, 0.717) is 24.0 Å². The first-order chi connectivity index (χ1) is 8.06. The van der Waals surface area contributed by atoms with Crippen molar-refractivity contribution in [2.75, 3.05) is 6.61 Å². The van der Waals surface area contributed by atoms with Gasteiger partial charge in [0.25, 0.3) is 0 Å². The Morgan fingerprint density at radius 2 is 2.35 bits per heavy atom. The summed E-state index contributed by atoms with van der Waals surface area (Å²) >= 11 is 6.02. The lowest BCUT2D eigenvalue weighted by atomic mass is 9.92. The van der Waals surface area contributed by atoms with Gasteiger partial charge < -0.3 is 10.5 Å². The number of ether oxygens (including phenoxy) is 1. The quantitative estimate of drug-likeness (QED) is 0.904. The summed E-state index contributed by atoms with van der Waals surface area (Å²) < 4.78 is 18.6. The normalized spacial score (nSPS) is 26.1. The Hall–Kier alpha value is -0.640. The van der Waals surface area contributed by atoms with E-state index in [1.54, 1.807) is 6.07 Å². The van der Waals surface area contributed by atoms with Gasteiger partial charge in [0.1, 0.15) is 5.82 Å². The number of nitrogens with two attached hydrogens (primary N) is 1. The van der Waals surface area contributed by atoms with Crippen molar-refractivity contribution >= 4 is 11.6 Å². The van der Waals surface area contributed by atoms with Gasteiger partial charge in [-0.2, -0.15) is 0 Å².